The highest BCUT2D eigenvalue weighted by molar-refractivity contribution is 5.89. The summed E-state index contributed by atoms with van der Waals surface area (Å²) in [5, 5.41) is 33.6. The number of aliphatic hydroxyl groups excluding tert-OH is 3. The Hall–Kier alpha value is -3.13. The quantitative estimate of drug-likeness (QED) is 0.358. The van der Waals surface area contributed by atoms with Gasteiger partial charge in [0.25, 0.3) is 5.95 Å². The second kappa shape index (κ2) is 7.36. The van der Waals surface area contributed by atoms with E-state index < -0.39 is 37.1 Å². The molecule has 0 spiro atoms. The monoisotopic (exact) mass is 405 g/mol. The normalized spacial score (nSPS) is 24.3. The number of aromatic nitrogens is 6. The molecule has 4 heterocycles. The van der Waals surface area contributed by atoms with Crippen molar-refractivity contribution < 1.29 is 29.6 Å². The predicted molar refractivity (Wildman–Crippen MR) is 95.8 cm³/mol. The molecule has 0 saturated carbocycles. The number of hydrogen-bond donors (Lipinski definition) is 4. The van der Waals surface area contributed by atoms with Gasteiger partial charge < -0.3 is 30.5 Å². The molecule has 13 nitrogen and oxygen atoms in total. The third kappa shape index (κ3) is 3.19. The topological polar surface area (TPSA) is 184 Å². The summed E-state index contributed by atoms with van der Waals surface area (Å²) >= 11 is 0. The minimum absolute atomic E-state index is 0.0451. The molecule has 0 bridgehead atoms. The molecule has 1 saturated heterocycles. The Morgan fingerprint density at radius 3 is 2.83 bits per heavy atom. The Kier molecular flexibility index (Phi) is 4.87. The molecular weight excluding hydrogens is 386 g/mol. The zero-order valence-corrected chi connectivity index (χ0v) is 15.3. The van der Waals surface area contributed by atoms with Gasteiger partial charge in [0.15, 0.2) is 17.7 Å². The van der Waals surface area contributed by atoms with E-state index in [1.54, 1.807) is 6.92 Å². The molecule has 29 heavy (non-hydrogen) atoms. The van der Waals surface area contributed by atoms with E-state index in [1.165, 1.54) is 28.0 Å². The summed E-state index contributed by atoms with van der Waals surface area (Å²) in [5.74, 6) is -0.438. The van der Waals surface area contributed by atoms with Crippen LogP contribution in [-0.4, -0.2) is 82.1 Å². The molecule has 4 rings (SSSR count). The number of carbonyl (C=O) groups excluding carboxylic acids is 1. The molecule has 1 fully saturated rings. The van der Waals surface area contributed by atoms with Crippen molar-refractivity contribution in [3.8, 4) is 5.95 Å². The van der Waals surface area contributed by atoms with Crippen molar-refractivity contribution in [2.75, 3.05) is 18.9 Å². The number of imidazole rings is 1. The Morgan fingerprint density at radius 1 is 1.34 bits per heavy atom. The number of nitrogens with zero attached hydrogens (tertiary/aromatic N) is 6. The van der Waals surface area contributed by atoms with Crippen molar-refractivity contribution in [1.29, 1.82) is 0 Å². The minimum atomic E-state index is -1.32. The van der Waals surface area contributed by atoms with E-state index in [-0.39, 0.29) is 35.1 Å². The Morgan fingerprint density at radius 2 is 2.14 bits per heavy atom. The third-order valence-electron chi connectivity index (χ3n) is 4.53. The van der Waals surface area contributed by atoms with Gasteiger partial charge >= 0.3 is 5.97 Å². The first-order valence-electron chi connectivity index (χ1n) is 8.79. The van der Waals surface area contributed by atoms with Gasteiger partial charge in [-0.1, -0.05) is 0 Å². The molecule has 0 aliphatic carbocycles. The number of fused-ring (bicyclic) bond motifs is 1. The number of esters is 1. The van der Waals surface area contributed by atoms with Crippen LogP contribution < -0.4 is 5.73 Å². The number of nitrogen functional groups attached to an aromatic ring is 1. The second-order valence-electron chi connectivity index (χ2n) is 6.36. The van der Waals surface area contributed by atoms with Crippen LogP contribution in [-0.2, 0) is 9.47 Å². The molecule has 5 N–H and O–H groups in total. The van der Waals surface area contributed by atoms with Crippen molar-refractivity contribution in [2.45, 2.75) is 31.5 Å². The first kappa shape index (κ1) is 19.2. The molecule has 13 heteroatoms. The van der Waals surface area contributed by atoms with E-state index >= 15 is 0 Å². The van der Waals surface area contributed by atoms with Crippen molar-refractivity contribution in [3.05, 3.63) is 24.3 Å². The van der Waals surface area contributed by atoms with Gasteiger partial charge in [0.1, 0.15) is 23.8 Å². The van der Waals surface area contributed by atoms with Crippen molar-refractivity contribution >= 4 is 23.0 Å². The number of carbonyl (C=O) groups is 1. The average molecular weight is 405 g/mol. The summed E-state index contributed by atoms with van der Waals surface area (Å²) in [7, 11) is 0. The zero-order chi connectivity index (χ0) is 20.7. The fraction of sp³-hybridized carbons (Fsp3) is 0.438. The summed E-state index contributed by atoms with van der Waals surface area (Å²) in [6.45, 7) is 1.45. The SMILES string of the molecule is CCOC(=O)c1cnn(-c2nc(N)c3ncn([C@@H]4O[C@H](CO)C(O)C4O)c3n2)c1. The first-order valence-corrected chi connectivity index (χ1v) is 8.79. The highest BCUT2D eigenvalue weighted by Crippen LogP contribution is 2.32. The molecule has 3 aromatic heterocycles. The third-order valence-corrected chi connectivity index (χ3v) is 4.53. The summed E-state index contributed by atoms with van der Waals surface area (Å²) < 4.78 is 13.1. The summed E-state index contributed by atoms with van der Waals surface area (Å²) in [5.41, 5.74) is 6.67. The van der Waals surface area contributed by atoms with Gasteiger partial charge in [0.2, 0.25) is 0 Å². The van der Waals surface area contributed by atoms with Crippen LogP contribution >= 0.6 is 0 Å². The highest BCUT2D eigenvalue weighted by Gasteiger charge is 2.44. The maximum Gasteiger partial charge on any atom is 0.341 e. The molecular formula is C16H19N7O6. The molecule has 154 valence electrons. The largest absolute Gasteiger partial charge is 0.462 e. The highest BCUT2D eigenvalue weighted by atomic mass is 16.6. The lowest BCUT2D eigenvalue weighted by molar-refractivity contribution is -0.0511. The standard InChI is InChI=1S/C16H19N7O6/c1-2-28-15(27)7-3-19-23(4-7)16-20-12(17)9-13(21-16)22(6-18-9)14-11(26)10(25)8(5-24)29-14/h3-4,6,8,10-11,14,24-26H,2,5H2,1H3,(H2,17,20,21)/t8-,10?,11?,14-/m1/s1. The maximum absolute atomic E-state index is 11.8. The van der Waals surface area contributed by atoms with Gasteiger partial charge in [-0.05, 0) is 6.92 Å². The van der Waals surface area contributed by atoms with Crippen LogP contribution in [0.3, 0.4) is 0 Å². The van der Waals surface area contributed by atoms with Crippen LogP contribution in [0.15, 0.2) is 18.7 Å². The van der Waals surface area contributed by atoms with Gasteiger partial charge in [0, 0.05) is 6.20 Å². The maximum atomic E-state index is 11.8. The van der Waals surface area contributed by atoms with Crippen molar-refractivity contribution in [3.63, 3.8) is 0 Å². The van der Waals surface area contributed by atoms with Gasteiger partial charge in [-0.2, -0.15) is 15.1 Å². The molecule has 3 aromatic rings. The van der Waals surface area contributed by atoms with Crippen LogP contribution in [0, 0.1) is 0 Å². The summed E-state index contributed by atoms with van der Waals surface area (Å²) in [4.78, 5) is 24.5. The van der Waals surface area contributed by atoms with Gasteiger partial charge in [-0.15, -0.1) is 0 Å². The fourth-order valence-electron chi connectivity index (χ4n) is 3.08. The van der Waals surface area contributed by atoms with Gasteiger partial charge in [-0.25, -0.2) is 14.5 Å². The van der Waals surface area contributed by atoms with E-state index in [1.807, 2.05) is 0 Å². The average Bonchev–Trinajstić information content (AvgIpc) is 3.41. The minimum Gasteiger partial charge on any atom is -0.462 e. The van der Waals surface area contributed by atoms with E-state index in [2.05, 4.69) is 20.1 Å². The number of hydrogen-bond acceptors (Lipinski definition) is 11. The summed E-state index contributed by atoms with van der Waals surface area (Å²) in [6.07, 6.45) is -0.542. The van der Waals surface area contributed by atoms with Crippen LogP contribution in [0.5, 0.6) is 0 Å². The molecule has 0 aromatic carbocycles. The van der Waals surface area contributed by atoms with Crippen LogP contribution in [0.4, 0.5) is 5.82 Å². The number of rotatable bonds is 5. The second-order valence-corrected chi connectivity index (χ2v) is 6.36. The first-order chi connectivity index (χ1) is 13.9. The lowest BCUT2D eigenvalue weighted by atomic mass is 10.1. The Labute approximate surface area is 163 Å². The van der Waals surface area contributed by atoms with E-state index in [9.17, 15) is 20.1 Å². The smallest absolute Gasteiger partial charge is 0.341 e. The molecule has 1 aliphatic heterocycles. The molecule has 2 unspecified atom stereocenters. The molecule has 1 aliphatic rings. The molecule has 0 radical (unpaired) electrons. The van der Waals surface area contributed by atoms with E-state index in [0.717, 1.165) is 0 Å². The van der Waals surface area contributed by atoms with E-state index in [4.69, 9.17) is 15.2 Å². The zero-order valence-electron chi connectivity index (χ0n) is 15.3. The fourth-order valence-corrected chi connectivity index (χ4v) is 3.08. The van der Waals surface area contributed by atoms with Gasteiger partial charge in [0.05, 0.1) is 31.3 Å². The number of nitrogens with two attached hydrogens (primary N) is 1. The number of ether oxygens (including phenoxy) is 2. The molecule has 4 atom stereocenters. The van der Waals surface area contributed by atoms with Crippen molar-refractivity contribution in [1.82, 2.24) is 29.3 Å². The Bertz CT molecular complexity index is 1050. The van der Waals surface area contributed by atoms with E-state index in [0.29, 0.717) is 0 Å². The lowest BCUT2D eigenvalue weighted by Gasteiger charge is -2.16. The predicted octanol–water partition coefficient (Wildman–Crippen LogP) is -1.62. The Balaban J connectivity index is 1.74. The molecule has 0 amide bonds. The number of anilines is 1. The van der Waals surface area contributed by atoms with Gasteiger partial charge in [-0.3, -0.25) is 4.57 Å². The summed E-state index contributed by atoms with van der Waals surface area (Å²) in [6, 6.07) is 0. The van der Waals surface area contributed by atoms with Crippen LogP contribution in [0.2, 0.25) is 0 Å². The van der Waals surface area contributed by atoms with Crippen LogP contribution in [0.1, 0.15) is 23.5 Å². The number of aliphatic hydroxyl groups is 3. The van der Waals surface area contributed by atoms with Crippen LogP contribution in [0.25, 0.3) is 17.1 Å². The van der Waals surface area contributed by atoms with Crippen molar-refractivity contribution in [2.24, 2.45) is 0 Å². The lowest BCUT2D eigenvalue weighted by Crippen LogP contribution is -2.33.